The van der Waals surface area contributed by atoms with Gasteiger partial charge in [0.05, 0.1) is 31.7 Å². The number of aromatic nitrogens is 3. The minimum absolute atomic E-state index is 0.0254. The highest BCUT2D eigenvalue weighted by molar-refractivity contribution is 8.15. The van der Waals surface area contributed by atoms with Crippen LogP contribution in [-0.4, -0.2) is 37.9 Å². The second-order valence-corrected chi connectivity index (χ2v) is 9.28. The highest BCUT2D eigenvalue weighted by Crippen LogP contribution is 2.64. The molecule has 2 aromatic heterocycles. The molecule has 12 heteroatoms. The summed E-state index contributed by atoms with van der Waals surface area (Å²) in [5.74, 6) is -1.33. The summed E-state index contributed by atoms with van der Waals surface area (Å²) in [7, 11) is 1.30. The summed E-state index contributed by atoms with van der Waals surface area (Å²) in [5.41, 5.74) is 6.53. The predicted molar refractivity (Wildman–Crippen MR) is 123 cm³/mol. The van der Waals surface area contributed by atoms with E-state index in [-0.39, 0.29) is 34.8 Å². The number of thioether (sulfide) groups is 1. The van der Waals surface area contributed by atoms with E-state index in [1.807, 2.05) is 0 Å². The molecule has 0 amide bonds. The number of methoxy groups -OCH3 is 1. The number of oxazole rings is 1. The molecule has 2 N–H and O–H groups in total. The van der Waals surface area contributed by atoms with Gasteiger partial charge in [-0.1, -0.05) is 17.8 Å². The van der Waals surface area contributed by atoms with Gasteiger partial charge >= 0.3 is 5.97 Å². The summed E-state index contributed by atoms with van der Waals surface area (Å²) < 4.78 is 44.1. The summed E-state index contributed by atoms with van der Waals surface area (Å²) in [6.07, 6.45) is 7.09. The molecule has 0 spiro atoms. The molecule has 5 rings (SSSR count). The first-order valence-corrected chi connectivity index (χ1v) is 11.3. The maximum absolute atomic E-state index is 14.9. The van der Waals surface area contributed by atoms with E-state index < -0.39 is 28.4 Å². The maximum Gasteiger partial charge on any atom is 0.322 e. The number of carbonyl (C=O) groups excluding carboxylic acids is 1. The molecule has 1 saturated carbocycles. The Bertz CT molecular complexity index is 1320. The van der Waals surface area contributed by atoms with Crippen molar-refractivity contribution in [1.82, 2.24) is 15.0 Å². The van der Waals surface area contributed by atoms with Crippen molar-refractivity contribution in [1.29, 1.82) is 0 Å². The maximum atomic E-state index is 14.9. The lowest BCUT2D eigenvalue weighted by Gasteiger charge is -2.24. The third kappa shape index (κ3) is 4.48. The van der Waals surface area contributed by atoms with Crippen LogP contribution in [0.25, 0.3) is 11.9 Å². The number of fused-ring (bicyclic) bond motifs is 1. The zero-order chi connectivity index (χ0) is 24.6. The molecule has 3 heterocycles. The predicted octanol–water partition coefficient (Wildman–Crippen LogP) is 3.68. The second kappa shape index (κ2) is 9.10. The Morgan fingerprint density at radius 1 is 1.34 bits per heavy atom. The molecular formula is C23H19F2N5O4S. The van der Waals surface area contributed by atoms with Gasteiger partial charge in [0, 0.05) is 11.5 Å². The number of hydrogen-bond donors (Lipinski definition) is 1. The highest BCUT2D eigenvalue weighted by atomic mass is 32.2. The van der Waals surface area contributed by atoms with Crippen LogP contribution in [-0.2, 0) is 16.1 Å². The van der Waals surface area contributed by atoms with Crippen LogP contribution in [0.1, 0.15) is 35.2 Å². The van der Waals surface area contributed by atoms with E-state index in [4.69, 9.17) is 19.6 Å². The summed E-state index contributed by atoms with van der Waals surface area (Å²) in [6, 6.07) is 3.49. The number of benzene rings is 1. The number of esters is 1. The number of aliphatic imine (C=N–C) groups is 1. The van der Waals surface area contributed by atoms with Crippen molar-refractivity contribution in [3.05, 3.63) is 71.6 Å². The Kier molecular flexibility index (Phi) is 5.97. The molecule has 0 bridgehead atoms. The third-order valence-corrected chi connectivity index (χ3v) is 7.07. The number of nitrogens with zero attached hydrogens (tertiary/aromatic N) is 4. The van der Waals surface area contributed by atoms with Crippen LogP contribution in [0.4, 0.5) is 8.78 Å². The van der Waals surface area contributed by atoms with Gasteiger partial charge in [-0.2, -0.15) is 0 Å². The molecule has 35 heavy (non-hydrogen) atoms. The van der Waals surface area contributed by atoms with Gasteiger partial charge in [0.25, 0.3) is 0 Å². The SMILES string of the molecule is COC(=O)C12C[C@H]1C(c1cc(/C=C(\F)c3cnc(OCc4ncco4)cn3)ccc1F)N=C(N)S2. The van der Waals surface area contributed by atoms with Crippen molar-refractivity contribution >= 4 is 34.8 Å². The minimum atomic E-state index is -0.860. The molecule has 2 unspecified atom stereocenters. The van der Waals surface area contributed by atoms with Gasteiger partial charge in [-0.25, -0.2) is 23.7 Å². The number of amidine groups is 1. The van der Waals surface area contributed by atoms with Crippen LogP contribution in [0.15, 0.2) is 52.5 Å². The molecule has 1 aliphatic heterocycles. The van der Waals surface area contributed by atoms with Crippen LogP contribution in [0.5, 0.6) is 5.88 Å². The number of hydrogen-bond acceptors (Lipinski definition) is 10. The fourth-order valence-electron chi connectivity index (χ4n) is 4.00. The van der Waals surface area contributed by atoms with Crippen LogP contribution in [0.3, 0.4) is 0 Å². The van der Waals surface area contributed by atoms with Gasteiger partial charge in [0.1, 0.15) is 22.5 Å². The summed E-state index contributed by atoms with van der Waals surface area (Å²) in [4.78, 5) is 28.6. The molecule has 0 radical (unpaired) electrons. The summed E-state index contributed by atoms with van der Waals surface area (Å²) in [6.45, 7) is 0.0582. The van der Waals surface area contributed by atoms with E-state index in [0.717, 1.165) is 11.8 Å². The minimum Gasteiger partial charge on any atom is -0.468 e. The molecule has 9 nitrogen and oxygen atoms in total. The highest BCUT2D eigenvalue weighted by Gasteiger charge is 2.67. The van der Waals surface area contributed by atoms with Crippen LogP contribution < -0.4 is 10.5 Å². The van der Waals surface area contributed by atoms with E-state index in [1.54, 1.807) is 0 Å². The van der Waals surface area contributed by atoms with Crippen LogP contribution in [0, 0.1) is 11.7 Å². The molecule has 3 atom stereocenters. The van der Waals surface area contributed by atoms with E-state index >= 15 is 0 Å². The lowest BCUT2D eigenvalue weighted by atomic mass is 9.98. The van der Waals surface area contributed by atoms with Crippen LogP contribution in [0.2, 0.25) is 0 Å². The zero-order valence-electron chi connectivity index (χ0n) is 18.4. The largest absolute Gasteiger partial charge is 0.468 e. The van der Waals surface area contributed by atoms with Crippen LogP contribution >= 0.6 is 11.8 Å². The average Bonchev–Trinajstić information content (AvgIpc) is 3.37. The van der Waals surface area contributed by atoms with Gasteiger partial charge in [-0.15, -0.1) is 0 Å². The molecule has 0 saturated heterocycles. The van der Waals surface area contributed by atoms with E-state index in [2.05, 4.69) is 19.9 Å². The first kappa shape index (κ1) is 23.0. The Balaban J connectivity index is 1.34. The van der Waals surface area contributed by atoms with E-state index in [9.17, 15) is 13.6 Å². The van der Waals surface area contributed by atoms with Crippen molar-refractivity contribution in [3.63, 3.8) is 0 Å². The number of halogens is 2. The molecule has 3 aromatic rings. The molecular weight excluding hydrogens is 480 g/mol. The average molecular weight is 499 g/mol. The molecule has 1 fully saturated rings. The lowest BCUT2D eigenvalue weighted by molar-refractivity contribution is -0.141. The van der Waals surface area contributed by atoms with Gasteiger partial charge < -0.3 is 19.6 Å². The lowest BCUT2D eigenvalue weighted by Crippen LogP contribution is -2.32. The topological polar surface area (TPSA) is 126 Å². The molecule has 2 aliphatic rings. The monoisotopic (exact) mass is 499 g/mol. The van der Waals surface area contributed by atoms with Gasteiger partial charge in [-0.3, -0.25) is 9.79 Å². The second-order valence-electron chi connectivity index (χ2n) is 7.93. The molecule has 1 aromatic carbocycles. The smallest absolute Gasteiger partial charge is 0.322 e. The van der Waals surface area contributed by atoms with Gasteiger partial charge in [0.2, 0.25) is 11.8 Å². The van der Waals surface area contributed by atoms with Crippen molar-refractivity contribution in [2.75, 3.05) is 7.11 Å². The van der Waals surface area contributed by atoms with Gasteiger partial charge in [0.15, 0.2) is 17.6 Å². The van der Waals surface area contributed by atoms with E-state index in [0.29, 0.717) is 17.9 Å². The standard InChI is InChI=1S/C23H19F2N5O4S/c1-32-21(31)23-8-14(23)20(30-22(26)35-23)13-6-12(2-3-15(13)24)7-16(25)17-9-29-18(10-28-17)34-11-19-27-4-5-33-19/h2-7,9-10,14,20H,8,11H2,1H3,(H2,26,30)/b16-7-/t14-,20?,23?/m0/s1. The Morgan fingerprint density at radius 2 is 2.20 bits per heavy atom. The molecule has 180 valence electrons. The van der Waals surface area contributed by atoms with Crippen molar-refractivity contribution in [2.24, 2.45) is 16.6 Å². The summed E-state index contributed by atoms with van der Waals surface area (Å²) >= 11 is 1.14. The first-order chi connectivity index (χ1) is 16.9. The van der Waals surface area contributed by atoms with Gasteiger partial charge in [-0.05, 0) is 30.2 Å². The number of carbonyl (C=O) groups is 1. The third-order valence-electron chi connectivity index (χ3n) is 5.76. The van der Waals surface area contributed by atoms with Crippen molar-refractivity contribution in [3.8, 4) is 5.88 Å². The Hall–Kier alpha value is -3.80. The van der Waals surface area contributed by atoms with Crippen molar-refractivity contribution < 1.29 is 27.5 Å². The van der Waals surface area contributed by atoms with Crippen molar-refractivity contribution in [2.45, 2.75) is 23.8 Å². The van der Waals surface area contributed by atoms with E-state index in [1.165, 1.54) is 56.2 Å². The number of rotatable bonds is 7. The molecule has 1 aliphatic carbocycles. The fraction of sp³-hybridized carbons (Fsp3) is 0.261. The number of nitrogens with two attached hydrogens (primary N) is 1. The number of ether oxygens (including phenoxy) is 2. The Labute approximate surface area is 202 Å². The summed E-state index contributed by atoms with van der Waals surface area (Å²) in [5, 5.41) is 0.182. The quantitative estimate of drug-likeness (QED) is 0.485. The fourth-order valence-corrected chi connectivity index (χ4v) is 5.25. The zero-order valence-corrected chi connectivity index (χ0v) is 19.2. The normalized spacial score (nSPS) is 23.3. The Morgan fingerprint density at radius 3 is 2.91 bits per heavy atom. The first-order valence-electron chi connectivity index (χ1n) is 10.5.